The Kier molecular flexibility index (Phi) is 5.40. The molecular formula is C20H20ClN5O3S. The van der Waals surface area contributed by atoms with Gasteiger partial charge in [-0.2, -0.15) is 13.5 Å². The van der Waals surface area contributed by atoms with Crippen molar-refractivity contribution < 1.29 is 13.2 Å². The Morgan fingerprint density at radius 3 is 2.57 bits per heavy atom. The zero-order chi connectivity index (χ0) is 21.3. The van der Waals surface area contributed by atoms with E-state index in [9.17, 15) is 13.2 Å². The minimum absolute atomic E-state index is 0.0525. The fourth-order valence-electron chi connectivity index (χ4n) is 3.25. The molecule has 1 saturated heterocycles. The van der Waals surface area contributed by atoms with Crippen LogP contribution in [0.5, 0.6) is 0 Å². The van der Waals surface area contributed by atoms with E-state index in [1.165, 1.54) is 15.1 Å². The summed E-state index contributed by atoms with van der Waals surface area (Å²) in [6, 6.07) is 15.2. The van der Waals surface area contributed by atoms with Gasteiger partial charge in [-0.15, -0.1) is 0 Å². The van der Waals surface area contributed by atoms with Gasteiger partial charge in [-0.05, 0) is 42.0 Å². The van der Waals surface area contributed by atoms with E-state index < -0.39 is 10.0 Å². The topological polar surface area (TPSA) is 87.5 Å². The molecule has 10 heteroatoms. The number of amides is 2. The van der Waals surface area contributed by atoms with Crippen molar-refractivity contribution in [1.29, 1.82) is 0 Å². The summed E-state index contributed by atoms with van der Waals surface area (Å²) in [5, 5.41) is 7.36. The van der Waals surface area contributed by atoms with E-state index in [1.54, 1.807) is 66.7 Å². The highest BCUT2D eigenvalue weighted by Gasteiger charge is 2.29. The number of benzene rings is 2. The molecule has 2 amide bonds. The maximum Gasteiger partial charge on any atom is 0.321 e. The number of nitrogens with zero attached hydrogens (tertiary/aromatic N) is 4. The third kappa shape index (κ3) is 3.99. The predicted octanol–water partition coefficient (Wildman–Crippen LogP) is 3.00. The number of carbonyl (C=O) groups is 1. The molecule has 156 valence electrons. The molecule has 1 aliphatic heterocycles. The first-order valence-electron chi connectivity index (χ1n) is 9.27. The summed E-state index contributed by atoms with van der Waals surface area (Å²) in [7, 11) is -2.28. The second kappa shape index (κ2) is 8.00. The van der Waals surface area contributed by atoms with Crippen LogP contribution < -0.4 is 14.5 Å². The van der Waals surface area contributed by atoms with E-state index in [-0.39, 0.29) is 17.6 Å². The molecule has 1 aromatic heterocycles. The summed E-state index contributed by atoms with van der Waals surface area (Å²) in [5.41, 5.74) is 1.83. The Labute approximate surface area is 179 Å². The van der Waals surface area contributed by atoms with Crippen molar-refractivity contribution >= 4 is 39.0 Å². The molecule has 0 aliphatic carbocycles. The van der Waals surface area contributed by atoms with Gasteiger partial charge in [0.05, 0.1) is 12.2 Å². The van der Waals surface area contributed by atoms with Crippen LogP contribution in [-0.2, 0) is 23.6 Å². The maximum atomic E-state index is 13.4. The summed E-state index contributed by atoms with van der Waals surface area (Å²) < 4.78 is 29.6. The van der Waals surface area contributed by atoms with Gasteiger partial charge in [0.1, 0.15) is 0 Å². The van der Waals surface area contributed by atoms with Crippen molar-refractivity contribution in [3.05, 3.63) is 71.4 Å². The average molecular weight is 446 g/mol. The Bertz CT molecular complexity index is 1180. The molecule has 0 spiro atoms. The Morgan fingerprint density at radius 2 is 1.93 bits per heavy atom. The largest absolute Gasteiger partial charge is 0.336 e. The Morgan fingerprint density at radius 1 is 1.17 bits per heavy atom. The molecule has 0 unspecified atom stereocenters. The maximum absolute atomic E-state index is 13.4. The van der Waals surface area contributed by atoms with Crippen LogP contribution in [0.15, 0.2) is 65.8 Å². The van der Waals surface area contributed by atoms with Crippen molar-refractivity contribution in [1.82, 2.24) is 15.1 Å². The quantitative estimate of drug-likeness (QED) is 0.631. The summed E-state index contributed by atoms with van der Waals surface area (Å²) in [6.07, 6.45) is 1.58. The number of rotatable bonds is 6. The highest BCUT2D eigenvalue weighted by Crippen LogP contribution is 2.29. The predicted molar refractivity (Wildman–Crippen MR) is 115 cm³/mol. The summed E-state index contributed by atoms with van der Waals surface area (Å²) in [4.78, 5) is 13.6. The molecule has 1 aliphatic rings. The molecule has 0 atom stereocenters. The van der Waals surface area contributed by atoms with E-state index in [2.05, 4.69) is 10.4 Å². The normalized spacial score (nSPS) is 14.1. The lowest BCUT2D eigenvalue weighted by Gasteiger charge is -2.25. The third-order valence-electron chi connectivity index (χ3n) is 4.77. The lowest BCUT2D eigenvalue weighted by molar-refractivity contribution is 0.252. The van der Waals surface area contributed by atoms with Crippen LogP contribution in [0.25, 0.3) is 0 Å². The van der Waals surface area contributed by atoms with Crippen LogP contribution in [0.2, 0.25) is 5.02 Å². The minimum Gasteiger partial charge on any atom is -0.336 e. The molecule has 30 heavy (non-hydrogen) atoms. The van der Waals surface area contributed by atoms with Gasteiger partial charge in [-0.25, -0.2) is 4.79 Å². The summed E-state index contributed by atoms with van der Waals surface area (Å²) >= 11 is 5.97. The van der Waals surface area contributed by atoms with Crippen LogP contribution in [0.3, 0.4) is 0 Å². The number of urea groups is 1. The van der Waals surface area contributed by atoms with Crippen LogP contribution in [0.1, 0.15) is 5.56 Å². The smallest absolute Gasteiger partial charge is 0.321 e. The SMILES string of the molecule is Cn1ccc(S(=O)(=O)N(Cc2ccc(Cl)cc2)c2cccc(N3CCNC3=O)c2)n1. The van der Waals surface area contributed by atoms with Crippen LogP contribution in [0, 0.1) is 0 Å². The first-order valence-corrected chi connectivity index (χ1v) is 11.1. The first kappa shape index (κ1) is 20.2. The van der Waals surface area contributed by atoms with Gasteiger partial charge in [0, 0.05) is 37.0 Å². The van der Waals surface area contributed by atoms with E-state index >= 15 is 0 Å². The molecule has 2 heterocycles. The van der Waals surface area contributed by atoms with Crippen molar-refractivity contribution in [3.8, 4) is 0 Å². The van der Waals surface area contributed by atoms with E-state index in [0.717, 1.165) is 5.56 Å². The van der Waals surface area contributed by atoms with Crippen molar-refractivity contribution in [2.45, 2.75) is 11.6 Å². The number of halogens is 1. The Hall–Kier alpha value is -3.04. The molecular weight excluding hydrogens is 426 g/mol. The molecule has 0 bridgehead atoms. The first-order chi connectivity index (χ1) is 14.3. The monoisotopic (exact) mass is 445 g/mol. The summed E-state index contributed by atoms with van der Waals surface area (Å²) in [6.45, 7) is 1.15. The number of hydrogen-bond acceptors (Lipinski definition) is 4. The van der Waals surface area contributed by atoms with Crippen LogP contribution in [-0.4, -0.2) is 37.3 Å². The second-order valence-electron chi connectivity index (χ2n) is 6.87. The molecule has 4 rings (SSSR count). The molecule has 0 saturated carbocycles. The van der Waals surface area contributed by atoms with E-state index in [4.69, 9.17) is 11.6 Å². The molecule has 3 aromatic rings. The van der Waals surface area contributed by atoms with Gasteiger partial charge in [0.2, 0.25) is 0 Å². The van der Waals surface area contributed by atoms with Gasteiger partial charge in [0.25, 0.3) is 10.0 Å². The van der Waals surface area contributed by atoms with Crippen LogP contribution in [0.4, 0.5) is 16.2 Å². The number of sulfonamides is 1. The molecule has 1 fully saturated rings. The van der Waals surface area contributed by atoms with Crippen molar-refractivity contribution in [2.24, 2.45) is 7.05 Å². The third-order valence-corrected chi connectivity index (χ3v) is 6.69. The average Bonchev–Trinajstić information content (AvgIpc) is 3.36. The Balaban J connectivity index is 1.77. The number of aromatic nitrogens is 2. The van der Waals surface area contributed by atoms with Gasteiger partial charge in [0.15, 0.2) is 5.03 Å². The molecule has 1 N–H and O–H groups in total. The molecule has 2 aromatic carbocycles. The van der Waals surface area contributed by atoms with Gasteiger partial charge in [-0.1, -0.05) is 29.8 Å². The second-order valence-corrected chi connectivity index (χ2v) is 9.11. The van der Waals surface area contributed by atoms with Gasteiger partial charge < -0.3 is 5.32 Å². The highest BCUT2D eigenvalue weighted by atomic mass is 35.5. The number of aryl methyl sites for hydroxylation is 1. The van der Waals surface area contributed by atoms with Crippen LogP contribution >= 0.6 is 11.6 Å². The zero-order valence-electron chi connectivity index (χ0n) is 16.2. The molecule has 0 radical (unpaired) electrons. The van der Waals surface area contributed by atoms with E-state index in [0.29, 0.717) is 29.5 Å². The van der Waals surface area contributed by atoms with Crippen molar-refractivity contribution in [2.75, 3.05) is 22.3 Å². The van der Waals surface area contributed by atoms with Gasteiger partial charge in [-0.3, -0.25) is 13.9 Å². The van der Waals surface area contributed by atoms with Crippen molar-refractivity contribution in [3.63, 3.8) is 0 Å². The lowest BCUT2D eigenvalue weighted by atomic mass is 10.2. The number of anilines is 2. The minimum atomic E-state index is -3.95. The number of hydrogen-bond donors (Lipinski definition) is 1. The fraction of sp³-hybridized carbons (Fsp3) is 0.200. The number of carbonyl (C=O) groups excluding carboxylic acids is 1. The number of nitrogens with one attached hydrogen (secondary N) is 1. The van der Waals surface area contributed by atoms with Gasteiger partial charge >= 0.3 is 6.03 Å². The fourth-order valence-corrected chi connectivity index (χ4v) is 4.78. The standard InChI is InChI=1S/C20H20ClN5O3S/c1-24-11-9-19(23-24)30(28,29)26(14-15-5-7-16(21)8-6-15)18-4-2-3-17(13-18)25-12-10-22-20(25)27/h2-9,11,13H,10,12,14H2,1H3,(H,22,27). The lowest BCUT2D eigenvalue weighted by Crippen LogP contribution is -2.32. The zero-order valence-corrected chi connectivity index (χ0v) is 17.8. The van der Waals surface area contributed by atoms with E-state index in [1.807, 2.05) is 0 Å². The highest BCUT2D eigenvalue weighted by molar-refractivity contribution is 7.92. The summed E-state index contributed by atoms with van der Waals surface area (Å²) in [5.74, 6) is 0. The molecule has 8 nitrogen and oxygen atoms in total.